The maximum atomic E-state index is 12.7. The van der Waals surface area contributed by atoms with E-state index in [1.54, 1.807) is 0 Å². The molecule has 3 aliphatic rings. The smallest absolute Gasteiger partial charge is 0.309 e. The summed E-state index contributed by atoms with van der Waals surface area (Å²) < 4.78 is 5.71. The van der Waals surface area contributed by atoms with E-state index in [9.17, 15) is 4.79 Å². The summed E-state index contributed by atoms with van der Waals surface area (Å²) in [7, 11) is 0. The first-order valence-electron chi connectivity index (χ1n) is 9.22. The molecule has 0 radical (unpaired) electrons. The highest BCUT2D eigenvalue weighted by molar-refractivity contribution is 5.75. The maximum Gasteiger partial charge on any atom is 0.309 e. The van der Waals surface area contributed by atoms with E-state index in [-0.39, 0.29) is 17.3 Å². The number of carbonyl (C=O) groups is 1. The predicted molar refractivity (Wildman–Crippen MR) is 90.2 cm³/mol. The van der Waals surface area contributed by atoms with Gasteiger partial charge in [-0.1, -0.05) is 30.3 Å². The SMILES string of the molecule is O=C(OCCN1CCCC1)C1CC2CCC1(c1ccccc1)C2. The molecular formula is C20H27NO2. The highest BCUT2D eigenvalue weighted by Gasteiger charge is 2.56. The lowest BCUT2D eigenvalue weighted by molar-refractivity contribution is -0.151. The fraction of sp³-hybridized carbons (Fsp3) is 0.650. The molecule has 2 bridgehead atoms. The van der Waals surface area contributed by atoms with Crippen molar-refractivity contribution in [3.05, 3.63) is 35.9 Å². The average Bonchev–Trinajstić information content (AvgIpc) is 3.32. The number of ether oxygens (including phenoxy) is 1. The lowest BCUT2D eigenvalue weighted by Crippen LogP contribution is -2.37. The molecule has 3 nitrogen and oxygen atoms in total. The van der Waals surface area contributed by atoms with E-state index in [0.29, 0.717) is 12.5 Å². The van der Waals surface area contributed by atoms with Crippen molar-refractivity contribution < 1.29 is 9.53 Å². The van der Waals surface area contributed by atoms with Gasteiger partial charge in [-0.15, -0.1) is 0 Å². The van der Waals surface area contributed by atoms with E-state index in [2.05, 4.69) is 35.2 Å². The van der Waals surface area contributed by atoms with Crippen molar-refractivity contribution in [2.75, 3.05) is 26.2 Å². The molecule has 0 N–H and O–H groups in total. The first-order chi connectivity index (χ1) is 11.3. The van der Waals surface area contributed by atoms with Crippen molar-refractivity contribution in [3.8, 4) is 0 Å². The Balaban J connectivity index is 1.42. The molecule has 3 unspecified atom stereocenters. The molecule has 1 aromatic carbocycles. The standard InChI is InChI=1S/C20H27NO2/c22-19(23-13-12-21-10-4-5-11-21)18-14-16-8-9-20(18,15-16)17-6-2-1-3-7-17/h1-3,6-7,16,18H,4-5,8-15H2. The molecule has 2 saturated carbocycles. The molecule has 0 spiro atoms. The van der Waals surface area contributed by atoms with E-state index in [4.69, 9.17) is 4.74 Å². The van der Waals surface area contributed by atoms with Crippen molar-refractivity contribution in [1.82, 2.24) is 4.90 Å². The summed E-state index contributed by atoms with van der Waals surface area (Å²) in [6.45, 7) is 3.79. The Morgan fingerprint density at radius 3 is 2.74 bits per heavy atom. The molecule has 23 heavy (non-hydrogen) atoms. The number of benzene rings is 1. The van der Waals surface area contributed by atoms with E-state index < -0.39 is 0 Å². The minimum atomic E-state index is 0.0512. The number of fused-ring (bicyclic) bond motifs is 2. The van der Waals surface area contributed by atoms with Crippen LogP contribution >= 0.6 is 0 Å². The van der Waals surface area contributed by atoms with Crippen LogP contribution in [-0.2, 0) is 14.9 Å². The highest BCUT2D eigenvalue weighted by atomic mass is 16.5. The molecule has 1 heterocycles. The van der Waals surface area contributed by atoms with Crippen LogP contribution in [0.1, 0.15) is 44.1 Å². The Bertz CT molecular complexity index is 552. The minimum absolute atomic E-state index is 0.0512. The number of nitrogens with zero attached hydrogens (tertiary/aromatic N) is 1. The Hall–Kier alpha value is -1.35. The second-order valence-electron chi connectivity index (χ2n) is 7.64. The first kappa shape index (κ1) is 15.2. The summed E-state index contributed by atoms with van der Waals surface area (Å²) in [5.74, 6) is 0.837. The van der Waals surface area contributed by atoms with Crippen LogP contribution in [-0.4, -0.2) is 37.1 Å². The Morgan fingerprint density at radius 1 is 1.22 bits per heavy atom. The topological polar surface area (TPSA) is 29.5 Å². The van der Waals surface area contributed by atoms with Crippen molar-refractivity contribution in [3.63, 3.8) is 0 Å². The zero-order valence-electron chi connectivity index (χ0n) is 13.9. The minimum Gasteiger partial charge on any atom is -0.464 e. The van der Waals surface area contributed by atoms with E-state index in [0.717, 1.165) is 32.5 Å². The molecule has 1 aliphatic heterocycles. The van der Waals surface area contributed by atoms with Crippen molar-refractivity contribution >= 4 is 5.97 Å². The van der Waals surface area contributed by atoms with Gasteiger partial charge in [0.25, 0.3) is 0 Å². The van der Waals surface area contributed by atoms with Gasteiger partial charge in [-0.3, -0.25) is 9.69 Å². The summed E-state index contributed by atoms with van der Waals surface area (Å²) in [4.78, 5) is 15.2. The van der Waals surface area contributed by atoms with Gasteiger partial charge in [-0.2, -0.15) is 0 Å². The lowest BCUT2D eigenvalue weighted by Gasteiger charge is -2.34. The van der Waals surface area contributed by atoms with Gasteiger partial charge in [0.05, 0.1) is 5.92 Å². The number of hydrogen-bond acceptors (Lipinski definition) is 3. The van der Waals surface area contributed by atoms with Crippen molar-refractivity contribution in [1.29, 1.82) is 0 Å². The van der Waals surface area contributed by atoms with Crippen molar-refractivity contribution in [2.24, 2.45) is 11.8 Å². The Kier molecular flexibility index (Phi) is 4.14. The number of rotatable bonds is 5. The summed E-state index contributed by atoms with van der Waals surface area (Å²) in [5.41, 5.74) is 1.40. The Labute approximate surface area is 139 Å². The van der Waals surface area contributed by atoms with Gasteiger partial charge in [-0.25, -0.2) is 0 Å². The zero-order chi connectivity index (χ0) is 15.7. The molecule has 2 aliphatic carbocycles. The largest absolute Gasteiger partial charge is 0.464 e. The fourth-order valence-electron chi connectivity index (χ4n) is 5.19. The molecule has 1 saturated heterocycles. The average molecular weight is 313 g/mol. The molecule has 0 amide bonds. The number of esters is 1. The summed E-state index contributed by atoms with van der Waals surface area (Å²) >= 11 is 0. The van der Waals surface area contributed by atoms with Gasteiger partial charge in [0.15, 0.2) is 0 Å². The lowest BCUT2D eigenvalue weighted by atomic mass is 9.70. The molecule has 3 fully saturated rings. The second-order valence-corrected chi connectivity index (χ2v) is 7.64. The summed E-state index contributed by atoms with van der Waals surface area (Å²) in [6.07, 6.45) is 7.19. The van der Waals surface area contributed by atoms with E-state index in [1.165, 1.54) is 31.2 Å². The molecule has 3 heteroatoms. The molecule has 3 atom stereocenters. The van der Waals surface area contributed by atoms with Gasteiger partial charge >= 0.3 is 5.97 Å². The third-order valence-electron chi connectivity index (χ3n) is 6.37. The van der Waals surface area contributed by atoms with Crippen LogP contribution in [0.4, 0.5) is 0 Å². The first-order valence-corrected chi connectivity index (χ1v) is 9.22. The predicted octanol–water partition coefficient (Wildman–Crippen LogP) is 3.38. The van der Waals surface area contributed by atoms with Gasteiger partial charge in [-0.05, 0) is 63.1 Å². The van der Waals surface area contributed by atoms with E-state index in [1.807, 2.05) is 0 Å². The van der Waals surface area contributed by atoms with Crippen LogP contribution in [0.2, 0.25) is 0 Å². The van der Waals surface area contributed by atoms with Crippen LogP contribution in [0.15, 0.2) is 30.3 Å². The van der Waals surface area contributed by atoms with Gasteiger partial charge in [0.2, 0.25) is 0 Å². The van der Waals surface area contributed by atoms with E-state index >= 15 is 0 Å². The number of hydrogen-bond donors (Lipinski definition) is 0. The molecule has 124 valence electrons. The molecular weight excluding hydrogens is 286 g/mol. The van der Waals surface area contributed by atoms with Crippen molar-refractivity contribution in [2.45, 2.75) is 43.9 Å². The third-order valence-corrected chi connectivity index (χ3v) is 6.37. The van der Waals surface area contributed by atoms with Crippen LogP contribution in [0.25, 0.3) is 0 Å². The van der Waals surface area contributed by atoms with Gasteiger partial charge < -0.3 is 4.74 Å². The molecule has 1 aromatic rings. The Morgan fingerprint density at radius 2 is 2.00 bits per heavy atom. The zero-order valence-corrected chi connectivity index (χ0v) is 13.9. The molecule has 4 rings (SSSR count). The van der Waals surface area contributed by atoms with Crippen LogP contribution < -0.4 is 0 Å². The highest BCUT2D eigenvalue weighted by Crippen LogP contribution is 2.58. The maximum absolute atomic E-state index is 12.7. The van der Waals surface area contributed by atoms with Crippen LogP contribution in [0, 0.1) is 11.8 Å². The monoisotopic (exact) mass is 313 g/mol. The van der Waals surface area contributed by atoms with Gasteiger partial charge in [0.1, 0.15) is 6.61 Å². The molecule has 0 aromatic heterocycles. The summed E-state index contributed by atoms with van der Waals surface area (Å²) in [5, 5.41) is 0. The number of carbonyl (C=O) groups excluding carboxylic acids is 1. The quantitative estimate of drug-likeness (QED) is 0.781. The second kappa shape index (κ2) is 6.27. The summed E-state index contributed by atoms with van der Waals surface area (Å²) in [6, 6.07) is 10.7. The fourth-order valence-corrected chi connectivity index (χ4v) is 5.19. The van der Waals surface area contributed by atoms with Gasteiger partial charge in [0, 0.05) is 12.0 Å². The van der Waals surface area contributed by atoms with Crippen LogP contribution in [0.5, 0.6) is 0 Å². The number of likely N-dealkylation sites (tertiary alicyclic amines) is 1. The normalized spacial score (nSPS) is 33.2. The third kappa shape index (κ3) is 2.80. The van der Waals surface area contributed by atoms with Crippen LogP contribution in [0.3, 0.4) is 0 Å².